The SMILES string of the molecule is COc1ccc(C2C(C(=O)O)N(S(C)(=O)=O)CC(=O)N2C2CC2)cc1. The molecule has 136 valence electrons. The number of hydrogen-bond donors (Lipinski definition) is 1. The first-order chi connectivity index (χ1) is 11.7. The average Bonchev–Trinajstić information content (AvgIpc) is 3.37. The molecule has 0 radical (unpaired) electrons. The summed E-state index contributed by atoms with van der Waals surface area (Å²) >= 11 is 0. The number of sulfonamides is 1. The summed E-state index contributed by atoms with van der Waals surface area (Å²) in [5.41, 5.74) is 0.571. The summed E-state index contributed by atoms with van der Waals surface area (Å²) in [5.74, 6) is -1.05. The molecule has 25 heavy (non-hydrogen) atoms. The topological polar surface area (TPSA) is 104 Å². The number of carboxylic acids is 1. The molecular weight excluding hydrogens is 348 g/mol. The van der Waals surface area contributed by atoms with E-state index in [-0.39, 0.29) is 11.9 Å². The first kappa shape index (κ1) is 17.7. The van der Waals surface area contributed by atoms with Crippen molar-refractivity contribution in [3.05, 3.63) is 29.8 Å². The number of piperazine rings is 1. The lowest BCUT2D eigenvalue weighted by molar-refractivity contribution is -0.153. The lowest BCUT2D eigenvalue weighted by Gasteiger charge is -2.44. The van der Waals surface area contributed by atoms with Crippen LogP contribution in [-0.4, -0.2) is 66.6 Å². The number of hydrogen-bond acceptors (Lipinski definition) is 5. The standard InChI is InChI=1S/C16H20N2O6S/c1-24-12-7-3-10(4-8-12)14-15(16(20)21)17(25(2,22)23)9-13(19)18(14)11-5-6-11/h3-4,7-8,11,14-15H,5-6,9H2,1-2H3,(H,20,21). The molecule has 1 aliphatic heterocycles. The van der Waals surface area contributed by atoms with E-state index < -0.39 is 34.6 Å². The third-order valence-electron chi connectivity index (χ3n) is 4.56. The number of ether oxygens (including phenoxy) is 1. The van der Waals surface area contributed by atoms with Crippen LogP contribution >= 0.6 is 0 Å². The quantitative estimate of drug-likeness (QED) is 0.809. The van der Waals surface area contributed by atoms with Crippen LogP contribution in [0.3, 0.4) is 0 Å². The van der Waals surface area contributed by atoms with E-state index >= 15 is 0 Å². The van der Waals surface area contributed by atoms with Crippen molar-refractivity contribution in [2.45, 2.75) is 31.0 Å². The van der Waals surface area contributed by atoms with Crippen molar-refractivity contribution in [2.75, 3.05) is 19.9 Å². The van der Waals surface area contributed by atoms with Gasteiger partial charge in [0, 0.05) is 6.04 Å². The highest BCUT2D eigenvalue weighted by Crippen LogP contribution is 2.41. The van der Waals surface area contributed by atoms with Crippen molar-refractivity contribution in [1.82, 2.24) is 9.21 Å². The Bertz CT molecular complexity index is 787. The van der Waals surface area contributed by atoms with Crippen molar-refractivity contribution < 1.29 is 27.9 Å². The Hall–Kier alpha value is -2.13. The molecule has 0 spiro atoms. The Morgan fingerprint density at radius 1 is 1.24 bits per heavy atom. The summed E-state index contributed by atoms with van der Waals surface area (Å²) < 4.78 is 30.1. The lowest BCUT2D eigenvalue weighted by Crippen LogP contribution is -2.62. The van der Waals surface area contributed by atoms with Crippen LogP contribution < -0.4 is 4.74 Å². The zero-order chi connectivity index (χ0) is 18.4. The van der Waals surface area contributed by atoms with Gasteiger partial charge in [-0.05, 0) is 30.5 Å². The summed E-state index contributed by atoms with van der Waals surface area (Å²) in [6, 6.07) is 4.42. The predicted molar refractivity (Wildman–Crippen MR) is 88.6 cm³/mol. The van der Waals surface area contributed by atoms with Crippen LogP contribution in [-0.2, 0) is 19.6 Å². The molecule has 1 N–H and O–H groups in total. The number of benzene rings is 1. The molecule has 1 saturated carbocycles. The van der Waals surface area contributed by atoms with Crippen molar-refractivity contribution in [1.29, 1.82) is 0 Å². The van der Waals surface area contributed by atoms with E-state index in [1.807, 2.05) is 0 Å². The van der Waals surface area contributed by atoms with Gasteiger partial charge in [-0.1, -0.05) is 12.1 Å². The molecule has 8 nitrogen and oxygen atoms in total. The number of carbonyl (C=O) groups is 2. The molecule has 0 aromatic heterocycles. The zero-order valence-electron chi connectivity index (χ0n) is 14.0. The largest absolute Gasteiger partial charge is 0.497 e. The normalized spacial score (nSPS) is 25.0. The Morgan fingerprint density at radius 2 is 1.84 bits per heavy atom. The second-order valence-corrected chi connectivity index (χ2v) is 8.28. The number of amides is 1. The van der Waals surface area contributed by atoms with Gasteiger partial charge in [0.15, 0.2) is 0 Å². The van der Waals surface area contributed by atoms with E-state index in [1.165, 1.54) is 7.11 Å². The minimum Gasteiger partial charge on any atom is -0.497 e. The van der Waals surface area contributed by atoms with Gasteiger partial charge in [0.05, 0.1) is 26.0 Å². The monoisotopic (exact) mass is 368 g/mol. The van der Waals surface area contributed by atoms with Crippen LogP contribution in [0, 0.1) is 0 Å². The number of carboxylic acid groups (broad SMARTS) is 1. The van der Waals surface area contributed by atoms with Crippen LogP contribution in [0.5, 0.6) is 5.75 Å². The second-order valence-electron chi connectivity index (χ2n) is 6.34. The highest BCUT2D eigenvalue weighted by Gasteiger charge is 2.52. The minimum atomic E-state index is -3.86. The highest BCUT2D eigenvalue weighted by atomic mass is 32.2. The fourth-order valence-corrected chi connectivity index (χ4v) is 4.25. The molecule has 9 heteroatoms. The van der Waals surface area contributed by atoms with Crippen LogP contribution in [0.15, 0.2) is 24.3 Å². The Labute approximate surface area is 146 Å². The van der Waals surface area contributed by atoms with Crippen LogP contribution in [0.4, 0.5) is 0 Å². The van der Waals surface area contributed by atoms with Crippen molar-refractivity contribution >= 4 is 21.9 Å². The third-order valence-corrected chi connectivity index (χ3v) is 5.77. The maximum absolute atomic E-state index is 12.6. The molecule has 1 aromatic rings. The van der Waals surface area contributed by atoms with Crippen molar-refractivity contribution in [3.63, 3.8) is 0 Å². The summed E-state index contributed by atoms with van der Waals surface area (Å²) in [7, 11) is -2.34. The van der Waals surface area contributed by atoms with Gasteiger partial charge in [-0.15, -0.1) is 0 Å². The molecule has 2 atom stereocenters. The summed E-state index contributed by atoms with van der Waals surface area (Å²) in [4.78, 5) is 26.1. The van der Waals surface area contributed by atoms with Crippen LogP contribution in [0.2, 0.25) is 0 Å². The fraction of sp³-hybridized carbons (Fsp3) is 0.500. The highest BCUT2D eigenvalue weighted by molar-refractivity contribution is 7.88. The molecule has 2 aliphatic rings. The molecule has 1 saturated heterocycles. The Kier molecular flexibility index (Phi) is 4.46. The maximum Gasteiger partial charge on any atom is 0.324 e. The van der Waals surface area contributed by atoms with E-state index in [0.29, 0.717) is 11.3 Å². The Balaban J connectivity index is 2.10. The van der Waals surface area contributed by atoms with Crippen LogP contribution in [0.1, 0.15) is 24.4 Å². The fourth-order valence-electron chi connectivity index (χ4n) is 3.29. The molecule has 0 bridgehead atoms. The number of carbonyl (C=O) groups excluding carboxylic acids is 1. The minimum absolute atomic E-state index is 0.0387. The summed E-state index contributed by atoms with van der Waals surface area (Å²) in [5, 5.41) is 9.74. The van der Waals surface area contributed by atoms with E-state index in [1.54, 1.807) is 29.2 Å². The number of nitrogens with zero attached hydrogens (tertiary/aromatic N) is 2. The van der Waals surface area contributed by atoms with E-state index in [0.717, 1.165) is 23.4 Å². The van der Waals surface area contributed by atoms with Crippen molar-refractivity contribution in [2.24, 2.45) is 0 Å². The summed E-state index contributed by atoms with van der Waals surface area (Å²) in [6.07, 6.45) is 2.52. The molecule has 2 fully saturated rings. The molecule has 3 rings (SSSR count). The average molecular weight is 368 g/mol. The van der Waals surface area contributed by atoms with Gasteiger partial charge >= 0.3 is 5.97 Å². The lowest BCUT2D eigenvalue weighted by atomic mass is 9.94. The van der Waals surface area contributed by atoms with Crippen molar-refractivity contribution in [3.8, 4) is 5.75 Å². The third kappa shape index (κ3) is 3.34. The van der Waals surface area contributed by atoms with Gasteiger partial charge in [-0.2, -0.15) is 4.31 Å². The van der Waals surface area contributed by atoms with Gasteiger partial charge in [-0.25, -0.2) is 8.42 Å². The molecular formula is C16H20N2O6S. The van der Waals surface area contributed by atoms with Gasteiger partial charge in [0.1, 0.15) is 11.8 Å². The van der Waals surface area contributed by atoms with Gasteiger partial charge in [0.2, 0.25) is 15.9 Å². The maximum atomic E-state index is 12.6. The number of rotatable bonds is 5. The second kappa shape index (κ2) is 6.30. The smallest absolute Gasteiger partial charge is 0.324 e. The van der Waals surface area contributed by atoms with E-state index in [9.17, 15) is 23.1 Å². The zero-order valence-corrected chi connectivity index (χ0v) is 14.8. The first-order valence-corrected chi connectivity index (χ1v) is 9.73. The number of methoxy groups -OCH3 is 1. The molecule has 1 aromatic carbocycles. The predicted octanol–water partition coefficient (Wildman–Crippen LogP) is 0.456. The first-order valence-electron chi connectivity index (χ1n) is 7.88. The van der Waals surface area contributed by atoms with Crippen LogP contribution in [0.25, 0.3) is 0 Å². The van der Waals surface area contributed by atoms with E-state index in [4.69, 9.17) is 4.74 Å². The van der Waals surface area contributed by atoms with E-state index in [2.05, 4.69) is 0 Å². The number of aliphatic carboxylic acids is 1. The van der Waals surface area contributed by atoms with Gasteiger partial charge < -0.3 is 14.7 Å². The molecule has 1 heterocycles. The molecule has 1 aliphatic carbocycles. The van der Waals surface area contributed by atoms with Gasteiger partial charge in [0.25, 0.3) is 0 Å². The summed E-state index contributed by atoms with van der Waals surface area (Å²) in [6.45, 7) is -0.445. The molecule has 2 unspecified atom stereocenters. The molecule has 1 amide bonds. The van der Waals surface area contributed by atoms with Gasteiger partial charge in [-0.3, -0.25) is 9.59 Å². The Morgan fingerprint density at radius 3 is 2.28 bits per heavy atom.